The van der Waals surface area contributed by atoms with Crippen LogP contribution in [0.1, 0.15) is 22.3 Å². The summed E-state index contributed by atoms with van der Waals surface area (Å²) >= 11 is 0. The lowest BCUT2D eigenvalue weighted by Gasteiger charge is -2.30. The molecule has 0 amide bonds. The second-order valence-electron chi connectivity index (χ2n) is 14.8. The molecule has 56 heavy (non-hydrogen) atoms. The topological polar surface area (TPSA) is 38.9 Å². The van der Waals surface area contributed by atoms with Gasteiger partial charge in [-0.25, -0.2) is 9.97 Å². The van der Waals surface area contributed by atoms with Gasteiger partial charge in [0.1, 0.15) is 11.2 Å². The molecule has 0 radical (unpaired) electrons. The molecule has 0 bridgehead atoms. The first-order valence-corrected chi connectivity index (χ1v) is 19.2. The van der Waals surface area contributed by atoms with E-state index in [0.29, 0.717) is 5.82 Å². The van der Waals surface area contributed by atoms with E-state index in [2.05, 4.69) is 152 Å². The Hall–Kier alpha value is -7.36. The largest absolute Gasteiger partial charge is 0.455 e. The molecule has 0 unspecified atom stereocenters. The van der Waals surface area contributed by atoms with E-state index in [0.717, 1.165) is 61.1 Å². The Kier molecular flexibility index (Phi) is 6.55. The third-order valence-corrected chi connectivity index (χ3v) is 11.9. The molecule has 0 saturated carbocycles. The van der Waals surface area contributed by atoms with Crippen molar-refractivity contribution in [1.82, 2.24) is 9.97 Å². The van der Waals surface area contributed by atoms with Crippen molar-refractivity contribution in [3.05, 3.63) is 216 Å². The van der Waals surface area contributed by atoms with Crippen molar-refractivity contribution in [1.29, 1.82) is 0 Å². The van der Waals surface area contributed by atoms with Crippen LogP contribution in [0.3, 0.4) is 0 Å². The van der Waals surface area contributed by atoms with Gasteiger partial charge in [-0.3, -0.25) is 0 Å². The number of nitrogens with zero attached hydrogens (tertiary/aromatic N) is 2. The first-order chi connectivity index (χ1) is 27.8. The van der Waals surface area contributed by atoms with E-state index in [-0.39, 0.29) is 0 Å². The highest BCUT2D eigenvalue weighted by Gasteiger charge is 2.51. The van der Waals surface area contributed by atoms with E-state index in [1.165, 1.54) is 44.5 Å². The second-order valence-corrected chi connectivity index (χ2v) is 14.8. The maximum atomic E-state index is 6.84. The summed E-state index contributed by atoms with van der Waals surface area (Å²) < 4.78 is 6.84. The first kappa shape index (κ1) is 31.0. The van der Waals surface area contributed by atoms with E-state index in [4.69, 9.17) is 14.4 Å². The van der Waals surface area contributed by atoms with Crippen LogP contribution in [0.15, 0.2) is 199 Å². The van der Waals surface area contributed by atoms with Crippen molar-refractivity contribution >= 4 is 21.9 Å². The Bertz CT molecular complexity index is 3080. The zero-order valence-corrected chi connectivity index (χ0v) is 30.3. The Balaban J connectivity index is 1.11. The van der Waals surface area contributed by atoms with Crippen molar-refractivity contribution in [3.63, 3.8) is 0 Å². The number of fused-ring (bicyclic) bond motifs is 13. The lowest BCUT2D eigenvalue weighted by molar-refractivity contribution is 0.669. The second kappa shape index (κ2) is 11.8. The van der Waals surface area contributed by atoms with Crippen LogP contribution in [-0.4, -0.2) is 9.97 Å². The highest BCUT2D eigenvalue weighted by Crippen LogP contribution is 2.63. The molecule has 10 aromatic rings. The van der Waals surface area contributed by atoms with Gasteiger partial charge in [0, 0.05) is 21.9 Å². The molecule has 0 N–H and O–H groups in total. The third kappa shape index (κ3) is 4.28. The molecule has 3 heteroatoms. The molecule has 1 spiro atoms. The number of hydrogen-bond donors (Lipinski definition) is 0. The lowest BCUT2D eigenvalue weighted by atomic mass is 9.70. The molecule has 8 aromatic carbocycles. The van der Waals surface area contributed by atoms with Crippen molar-refractivity contribution in [2.45, 2.75) is 5.41 Å². The number of para-hydroxylation sites is 1. The van der Waals surface area contributed by atoms with Gasteiger partial charge in [0.15, 0.2) is 5.82 Å². The molecular weight excluding hydrogens is 681 g/mol. The van der Waals surface area contributed by atoms with Crippen molar-refractivity contribution in [2.75, 3.05) is 0 Å². The zero-order chi connectivity index (χ0) is 36.8. The van der Waals surface area contributed by atoms with Crippen LogP contribution in [0.25, 0.3) is 89.2 Å². The summed E-state index contributed by atoms with van der Waals surface area (Å²) in [6.07, 6.45) is 0. The Morgan fingerprint density at radius 1 is 0.357 bits per heavy atom. The van der Waals surface area contributed by atoms with Gasteiger partial charge in [0.25, 0.3) is 0 Å². The number of furan rings is 1. The van der Waals surface area contributed by atoms with Gasteiger partial charge in [-0.1, -0.05) is 170 Å². The zero-order valence-electron chi connectivity index (χ0n) is 30.3. The van der Waals surface area contributed by atoms with Gasteiger partial charge in [-0.15, -0.1) is 0 Å². The quantitative estimate of drug-likeness (QED) is 0.182. The number of rotatable bonds is 4. The molecule has 260 valence electrons. The van der Waals surface area contributed by atoms with Crippen LogP contribution in [0.5, 0.6) is 0 Å². The molecule has 0 saturated heterocycles. The minimum absolute atomic E-state index is 0.424. The van der Waals surface area contributed by atoms with Crippen molar-refractivity contribution in [3.8, 4) is 67.3 Å². The molecule has 0 aliphatic heterocycles. The minimum Gasteiger partial charge on any atom is -0.455 e. The summed E-state index contributed by atoms with van der Waals surface area (Å²) in [6, 6.07) is 69.5. The Morgan fingerprint density at radius 2 is 0.839 bits per heavy atom. The Morgan fingerprint density at radius 3 is 1.45 bits per heavy atom. The van der Waals surface area contributed by atoms with Crippen LogP contribution < -0.4 is 0 Å². The smallest absolute Gasteiger partial charge is 0.164 e. The molecule has 2 aliphatic carbocycles. The van der Waals surface area contributed by atoms with Gasteiger partial charge in [-0.2, -0.15) is 0 Å². The summed E-state index contributed by atoms with van der Waals surface area (Å²) in [5.74, 6) is 0.628. The van der Waals surface area contributed by atoms with E-state index < -0.39 is 5.41 Å². The monoisotopic (exact) mass is 712 g/mol. The molecular formula is C53H32N2O. The van der Waals surface area contributed by atoms with Gasteiger partial charge in [0.05, 0.1) is 22.4 Å². The van der Waals surface area contributed by atoms with E-state index in [9.17, 15) is 0 Å². The molecule has 2 aromatic heterocycles. The van der Waals surface area contributed by atoms with Crippen LogP contribution in [-0.2, 0) is 5.41 Å². The van der Waals surface area contributed by atoms with Gasteiger partial charge in [-0.05, 0) is 79.9 Å². The molecule has 2 heterocycles. The van der Waals surface area contributed by atoms with E-state index in [1.807, 2.05) is 42.5 Å². The summed E-state index contributed by atoms with van der Waals surface area (Å²) in [5, 5.41) is 2.13. The summed E-state index contributed by atoms with van der Waals surface area (Å²) in [4.78, 5) is 10.4. The van der Waals surface area contributed by atoms with Crippen LogP contribution in [0.4, 0.5) is 0 Å². The maximum Gasteiger partial charge on any atom is 0.164 e. The van der Waals surface area contributed by atoms with Crippen LogP contribution >= 0.6 is 0 Å². The van der Waals surface area contributed by atoms with Crippen molar-refractivity contribution < 1.29 is 4.42 Å². The highest BCUT2D eigenvalue weighted by atomic mass is 16.3. The SMILES string of the molecule is c1ccc(-c2cc(-c3ccccc3)nc(-c3ccc(-c4ccc5c(c4)C4(c6ccccc6-c6ccccc64)c4ccccc4-5)c4c3oc3ccccc34)n2)cc1. The normalized spacial score (nSPS) is 13.1. The van der Waals surface area contributed by atoms with Gasteiger partial charge < -0.3 is 4.42 Å². The fourth-order valence-electron chi connectivity index (χ4n) is 9.59. The fourth-order valence-corrected chi connectivity index (χ4v) is 9.59. The summed E-state index contributed by atoms with van der Waals surface area (Å²) in [6.45, 7) is 0. The number of benzene rings is 8. The predicted molar refractivity (Wildman–Crippen MR) is 227 cm³/mol. The summed E-state index contributed by atoms with van der Waals surface area (Å²) in [7, 11) is 0. The lowest BCUT2D eigenvalue weighted by Crippen LogP contribution is -2.25. The Labute approximate surface area is 324 Å². The van der Waals surface area contributed by atoms with E-state index >= 15 is 0 Å². The first-order valence-electron chi connectivity index (χ1n) is 19.2. The van der Waals surface area contributed by atoms with Crippen LogP contribution in [0.2, 0.25) is 0 Å². The molecule has 0 fully saturated rings. The van der Waals surface area contributed by atoms with Gasteiger partial charge in [0.2, 0.25) is 0 Å². The van der Waals surface area contributed by atoms with E-state index in [1.54, 1.807) is 0 Å². The average Bonchev–Trinajstić information content (AvgIpc) is 3.91. The minimum atomic E-state index is -0.424. The number of aromatic nitrogens is 2. The van der Waals surface area contributed by atoms with Gasteiger partial charge >= 0.3 is 0 Å². The molecule has 12 rings (SSSR count). The maximum absolute atomic E-state index is 6.84. The molecule has 3 nitrogen and oxygen atoms in total. The summed E-state index contributed by atoms with van der Waals surface area (Å²) in [5.41, 5.74) is 18.6. The predicted octanol–water partition coefficient (Wildman–Crippen LogP) is 13.4. The third-order valence-electron chi connectivity index (χ3n) is 11.9. The number of hydrogen-bond acceptors (Lipinski definition) is 3. The fraction of sp³-hybridized carbons (Fsp3) is 0.0189. The standard InChI is InChI=1S/C53H32N2O/c1-3-15-33(16-4-1)47-32-48(34-17-5-2-6-18-34)55-52(54-47)42-30-29-36(50-41-22-10-14-26-49(41)56-51(42)50)35-27-28-40-39-21-9-13-25-45(39)53(46(40)31-35)43-23-11-7-19-37(43)38-20-8-12-24-44(38)53/h1-32H. The molecule has 2 aliphatic rings. The average molecular weight is 713 g/mol. The molecule has 0 atom stereocenters. The highest BCUT2D eigenvalue weighted by molar-refractivity contribution is 6.16. The van der Waals surface area contributed by atoms with Crippen LogP contribution in [0, 0.1) is 0 Å². The van der Waals surface area contributed by atoms with Crippen molar-refractivity contribution in [2.24, 2.45) is 0 Å².